The van der Waals surface area contributed by atoms with Crippen molar-refractivity contribution < 1.29 is 4.74 Å². The molecule has 0 aliphatic carbocycles. The van der Waals surface area contributed by atoms with E-state index in [0.717, 1.165) is 11.3 Å². The summed E-state index contributed by atoms with van der Waals surface area (Å²) in [5.74, 6) is 1.83. The van der Waals surface area contributed by atoms with Crippen LogP contribution in [0.4, 0.5) is 5.95 Å². The first kappa shape index (κ1) is 11.4. The van der Waals surface area contributed by atoms with Gasteiger partial charge in [0.1, 0.15) is 5.75 Å². The number of hydrogen-bond acceptors (Lipinski definition) is 4. The van der Waals surface area contributed by atoms with E-state index in [2.05, 4.69) is 10.1 Å². The molecule has 17 heavy (non-hydrogen) atoms. The van der Waals surface area contributed by atoms with E-state index in [1.807, 2.05) is 38.1 Å². The average molecular weight is 232 g/mol. The van der Waals surface area contributed by atoms with Gasteiger partial charge in [-0.05, 0) is 26.0 Å². The molecule has 0 unspecified atom stereocenters. The molecule has 1 heterocycles. The number of nitrogen functional groups attached to an aromatic ring is 1. The molecule has 5 heteroatoms. The number of hydrogen-bond donors (Lipinski definition) is 1. The first-order valence-corrected chi connectivity index (χ1v) is 5.48. The summed E-state index contributed by atoms with van der Waals surface area (Å²) in [6.45, 7) is 4.03. The van der Waals surface area contributed by atoms with Crippen molar-refractivity contribution in [3.63, 3.8) is 0 Å². The van der Waals surface area contributed by atoms with E-state index in [1.165, 1.54) is 0 Å². The lowest BCUT2D eigenvalue weighted by molar-refractivity contribution is 0.415. The van der Waals surface area contributed by atoms with Gasteiger partial charge in [-0.2, -0.15) is 4.98 Å². The van der Waals surface area contributed by atoms with Crippen LogP contribution < -0.4 is 10.5 Å². The van der Waals surface area contributed by atoms with Gasteiger partial charge >= 0.3 is 0 Å². The minimum atomic E-state index is 0.196. The molecular weight excluding hydrogens is 216 g/mol. The largest absolute Gasteiger partial charge is 0.497 e. The van der Waals surface area contributed by atoms with Gasteiger partial charge < -0.3 is 10.5 Å². The van der Waals surface area contributed by atoms with Crippen LogP contribution in [0.15, 0.2) is 24.3 Å². The molecule has 0 bridgehead atoms. The summed E-state index contributed by atoms with van der Waals surface area (Å²) in [5.41, 5.74) is 6.71. The van der Waals surface area contributed by atoms with Crippen LogP contribution in [0.3, 0.4) is 0 Å². The van der Waals surface area contributed by atoms with Crippen LogP contribution in [0.1, 0.15) is 19.9 Å². The Morgan fingerprint density at radius 2 is 2.12 bits per heavy atom. The Kier molecular flexibility index (Phi) is 2.99. The number of nitrogens with two attached hydrogens (primary N) is 1. The number of anilines is 1. The minimum Gasteiger partial charge on any atom is -0.497 e. The molecular formula is C12H16N4O. The molecule has 5 nitrogen and oxygen atoms in total. The average Bonchev–Trinajstić information content (AvgIpc) is 2.71. The number of benzene rings is 1. The predicted molar refractivity (Wildman–Crippen MR) is 66.8 cm³/mol. The third-order valence-corrected chi connectivity index (χ3v) is 2.47. The maximum atomic E-state index is 5.81. The lowest BCUT2D eigenvalue weighted by Crippen LogP contribution is -2.07. The van der Waals surface area contributed by atoms with Gasteiger partial charge in [-0.15, -0.1) is 5.10 Å². The molecule has 0 amide bonds. The molecule has 0 saturated heterocycles. The Labute approximate surface area is 100 Å². The third-order valence-electron chi connectivity index (χ3n) is 2.47. The second-order valence-electron chi connectivity index (χ2n) is 4.06. The van der Waals surface area contributed by atoms with Gasteiger partial charge in [-0.3, -0.25) is 0 Å². The highest BCUT2D eigenvalue weighted by Gasteiger charge is 2.11. The van der Waals surface area contributed by atoms with Crippen LogP contribution in [0, 0.1) is 0 Å². The topological polar surface area (TPSA) is 66.0 Å². The summed E-state index contributed by atoms with van der Waals surface area (Å²) in [7, 11) is 1.63. The quantitative estimate of drug-likeness (QED) is 0.880. The normalized spacial score (nSPS) is 10.8. The van der Waals surface area contributed by atoms with Crippen molar-refractivity contribution in [2.75, 3.05) is 12.8 Å². The van der Waals surface area contributed by atoms with Crippen molar-refractivity contribution in [1.29, 1.82) is 0 Å². The number of nitrogens with zero attached hydrogens (tertiary/aromatic N) is 3. The second kappa shape index (κ2) is 4.45. The van der Waals surface area contributed by atoms with Crippen molar-refractivity contribution >= 4 is 5.95 Å². The van der Waals surface area contributed by atoms with Gasteiger partial charge in [0.15, 0.2) is 5.82 Å². The van der Waals surface area contributed by atoms with Crippen molar-refractivity contribution in [3.05, 3.63) is 24.3 Å². The van der Waals surface area contributed by atoms with E-state index in [0.29, 0.717) is 11.8 Å². The standard InChI is InChI=1S/C12H16N4O/c1-8(2)16-12(13)14-11(15-16)9-5-4-6-10(7-9)17-3/h4-8H,1-3H3,(H2,13,14,15). The molecule has 0 saturated carbocycles. The van der Waals surface area contributed by atoms with Crippen molar-refractivity contribution in [3.8, 4) is 17.1 Å². The fraction of sp³-hybridized carbons (Fsp3) is 0.333. The zero-order valence-electron chi connectivity index (χ0n) is 10.2. The lowest BCUT2D eigenvalue weighted by atomic mass is 10.2. The van der Waals surface area contributed by atoms with E-state index in [-0.39, 0.29) is 6.04 Å². The smallest absolute Gasteiger partial charge is 0.219 e. The summed E-state index contributed by atoms with van der Waals surface area (Å²) in [5, 5.41) is 4.38. The van der Waals surface area contributed by atoms with Crippen molar-refractivity contribution in [2.45, 2.75) is 19.9 Å². The molecule has 1 aromatic heterocycles. The molecule has 2 rings (SSSR count). The molecule has 1 aromatic carbocycles. The number of aromatic nitrogens is 3. The fourth-order valence-electron chi connectivity index (χ4n) is 1.60. The number of methoxy groups -OCH3 is 1. The summed E-state index contributed by atoms with van der Waals surface area (Å²) in [4.78, 5) is 4.25. The zero-order chi connectivity index (χ0) is 12.4. The van der Waals surface area contributed by atoms with Crippen molar-refractivity contribution in [1.82, 2.24) is 14.8 Å². The summed E-state index contributed by atoms with van der Waals surface area (Å²) >= 11 is 0. The third kappa shape index (κ3) is 2.22. The monoisotopic (exact) mass is 232 g/mol. The fourth-order valence-corrected chi connectivity index (χ4v) is 1.60. The van der Waals surface area contributed by atoms with E-state index in [4.69, 9.17) is 10.5 Å². The molecule has 0 aliphatic rings. The Balaban J connectivity index is 2.42. The Bertz CT molecular complexity index is 519. The van der Waals surface area contributed by atoms with Gasteiger partial charge in [0.25, 0.3) is 0 Å². The predicted octanol–water partition coefficient (Wildman–Crippen LogP) is 2.12. The highest BCUT2D eigenvalue weighted by atomic mass is 16.5. The minimum absolute atomic E-state index is 0.196. The number of rotatable bonds is 3. The number of ether oxygens (including phenoxy) is 1. The van der Waals surface area contributed by atoms with Crippen LogP contribution in [-0.2, 0) is 0 Å². The summed E-state index contributed by atoms with van der Waals surface area (Å²) in [6, 6.07) is 7.80. The molecule has 0 spiro atoms. The molecule has 0 fully saturated rings. The van der Waals surface area contributed by atoms with Crippen LogP contribution >= 0.6 is 0 Å². The van der Waals surface area contributed by atoms with Gasteiger partial charge in [0.2, 0.25) is 5.95 Å². The maximum Gasteiger partial charge on any atom is 0.219 e. The Morgan fingerprint density at radius 3 is 2.71 bits per heavy atom. The Morgan fingerprint density at radius 1 is 1.35 bits per heavy atom. The summed E-state index contributed by atoms with van der Waals surface area (Å²) in [6.07, 6.45) is 0. The van der Waals surface area contributed by atoms with Gasteiger partial charge in [0.05, 0.1) is 13.2 Å². The molecule has 0 atom stereocenters. The first-order chi connectivity index (χ1) is 8.11. The maximum absolute atomic E-state index is 5.81. The van der Waals surface area contributed by atoms with Crippen LogP contribution in [0.5, 0.6) is 5.75 Å². The van der Waals surface area contributed by atoms with Gasteiger partial charge in [-0.1, -0.05) is 12.1 Å². The second-order valence-corrected chi connectivity index (χ2v) is 4.06. The van der Waals surface area contributed by atoms with E-state index in [9.17, 15) is 0 Å². The van der Waals surface area contributed by atoms with Crippen molar-refractivity contribution in [2.24, 2.45) is 0 Å². The highest BCUT2D eigenvalue weighted by Crippen LogP contribution is 2.22. The SMILES string of the molecule is COc1cccc(-c2nc(N)n(C(C)C)n2)c1. The summed E-state index contributed by atoms with van der Waals surface area (Å²) < 4.78 is 6.87. The van der Waals surface area contributed by atoms with Crippen LogP contribution in [0.25, 0.3) is 11.4 Å². The first-order valence-electron chi connectivity index (χ1n) is 5.48. The molecule has 0 radical (unpaired) electrons. The van der Waals surface area contributed by atoms with Gasteiger partial charge in [-0.25, -0.2) is 4.68 Å². The Hall–Kier alpha value is -2.04. The molecule has 2 aromatic rings. The van der Waals surface area contributed by atoms with Gasteiger partial charge in [0, 0.05) is 5.56 Å². The van der Waals surface area contributed by atoms with E-state index in [1.54, 1.807) is 11.8 Å². The lowest BCUT2D eigenvalue weighted by Gasteiger charge is -2.04. The van der Waals surface area contributed by atoms with E-state index < -0.39 is 0 Å². The van der Waals surface area contributed by atoms with Crippen LogP contribution in [0.2, 0.25) is 0 Å². The molecule has 2 N–H and O–H groups in total. The van der Waals surface area contributed by atoms with Crippen LogP contribution in [-0.4, -0.2) is 21.9 Å². The highest BCUT2D eigenvalue weighted by molar-refractivity contribution is 5.58. The molecule has 90 valence electrons. The van der Waals surface area contributed by atoms with E-state index >= 15 is 0 Å². The molecule has 0 aliphatic heterocycles. The zero-order valence-corrected chi connectivity index (χ0v) is 10.2.